The lowest BCUT2D eigenvalue weighted by molar-refractivity contribution is 0.0832. The van der Waals surface area contributed by atoms with E-state index in [-0.39, 0.29) is 6.04 Å². The van der Waals surface area contributed by atoms with Gasteiger partial charge in [0.15, 0.2) is 0 Å². The van der Waals surface area contributed by atoms with E-state index in [1.807, 2.05) is 46.0 Å². The number of rotatable bonds is 8. The summed E-state index contributed by atoms with van der Waals surface area (Å²) >= 11 is 0. The van der Waals surface area contributed by atoms with Crippen molar-refractivity contribution in [2.24, 2.45) is 17.1 Å². The van der Waals surface area contributed by atoms with Gasteiger partial charge in [-0.25, -0.2) is 15.0 Å². The largest absolute Gasteiger partial charge is 0.357 e. The molecule has 1 atom stereocenters. The Morgan fingerprint density at radius 2 is 1.91 bits per heavy atom. The number of pyridine rings is 1. The third-order valence-electron chi connectivity index (χ3n) is 5.66. The molecular weight excluding hydrogens is 420 g/mol. The van der Waals surface area contributed by atoms with Crippen LogP contribution < -0.4 is 10.4 Å². The van der Waals surface area contributed by atoms with Crippen LogP contribution in [0.1, 0.15) is 38.0 Å². The predicted octanol–water partition coefficient (Wildman–Crippen LogP) is 2.41. The standard InChI is InChI=1S/C22H30N10O/c1-8-31(9-2)18-11-10-16(14(4)23-18)24-20-19(15(5)29-33-7)27-32-22(20)25-21(28-32)17-12-13(3)30(6)26-17/h10-12,15,29H,8-9H2,1-7H3. The lowest BCUT2D eigenvalue weighted by atomic mass is 10.1. The van der Waals surface area contributed by atoms with Crippen molar-refractivity contribution in [2.45, 2.75) is 40.7 Å². The van der Waals surface area contributed by atoms with Crippen molar-refractivity contribution in [3.8, 4) is 11.5 Å². The van der Waals surface area contributed by atoms with E-state index >= 15 is 0 Å². The van der Waals surface area contributed by atoms with Crippen molar-refractivity contribution >= 4 is 22.9 Å². The van der Waals surface area contributed by atoms with E-state index in [1.165, 1.54) is 4.79 Å². The molecule has 0 bridgehead atoms. The lowest BCUT2D eigenvalue weighted by Gasteiger charge is -2.20. The normalized spacial score (nSPS) is 15.1. The van der Waals surface area contributed by atoms with Crippen LogP contribution in [-0.2, 0) is 11.9 Å². The fourth-order valence-corrected chi connectivity index (χ4v) is 3.70. The number of hydrogen-bond acceptors (Lipinski definition) is 9. The van der Waals surface area contributed by atoms with Crippen molar-refractivity contribution in [3.05, 3.63) is 35.4 Å². The molecule has 3 aromatic heterocycles. The molecule has 11 heteroatoms. The van der Waals surface area contributed by atoms with E-state index in [0.29, 0.717) is 28.8 Å². The smallest absolute Gasteiger partial charge is 0.204 e. The van der Waals surface area contributed by atoms with E-state index in [0.717, 1.165) is 36.0 Å². The summed E-state index contributed by atoms with van der Waals surface area (Å²) in [5.74, 6) is 2.00. The van der Waals surface area contributed by atoms with Crippen LogP contribution in [0.2, 0.25) is 0 Å². The number of hydrogen-bond donors (Lipinski definition) is 1. The zero-order chi connectivity index (χ0) is 23.7. The Kier molecular flexibility index (Phi) is 6.34. The van der Waals surface area contributed by atoms with Crippen LogP contribution in [-0.4, -0.2) is 67.3 Å². The first kappa shape index (κ1) is 22.7. The maximum absolute atomic E-state index is 5.12. The minimum absolute atomic E-state index is 0.221. The van der Waals surface area contributed by atoms with Crippen LogP contribution in [0.5, 0.6) is 0 Å². The maximum Gasteiger partial charge on any atom is 0.204 e. The second kappa shape index (κ2) is 9.20. The summed E-state index contributed by atoms with van der Waals surface area (Å²) in [5.41, 5.74) is 7.52. The van der Waals surface area contributed by atoms with Crippen LogP contribution in [0.4, 0.5) is 11.5 Å². The molecule has 1 aliphatic heterocycles. The Morgan fingerprint density at radius 3 is 2.52 bits per heavy atom. The molecule has 4 heterocycles. The third kappa shape index (κ3) is 4.29. The van der Waals surface area contributed by atoms with Gasteiger partial charge in [0.1, 0.15) is 22.9 Å². The van der Waals surface area contributed by atoms with Crippen LogP contribution >= 0.6 is 0 Å². The molecule has 1 N–H and O–H groups in total. The van der Waals surface area contributed by atoms with Crippen molar-refractivity contribution in [1.82, 2.24) is 35.1 Å². The molecule has 0 aliphatic carbocycles. The zero-order valence-electron chi connectivity index (χ0n) is 20.2. The van der Waals surface area contributed by atoms with Gasteiger partial charge in [-0.2, -0.15) is 10.6 Å². The van der Waals surface area contributed by atoms with Crippen molar-refractivity contribution in [1.29, 1.82) is 0 Å². The van der Waals surface area contributed by atoms with E-state index in [9.17, 15) is 0 Å². The Hall–Kier alpha value is -3.44. The highest BCUT2D eigenvalue weighted by molar-refractivity contribution is 6.50. The summed E-state index contributed by atoms with van der Waals surface area (Å²) in [6.45, 7) is 11.9. The van der Waals surface area contributed by atoms with Crippen LogP contribution in [0.15, 0.2) is 28.3 Å². The van der Waals surface area contributed by atoms with Gasteiger partial charge < -0.3 is 9.74 Å². The average molecular weight is 451 g/mol. The van der Waals surface area contributed by atoms with Gasteiger partial charge in [0.05, 0.1) is 24.5 Å². The Bertz CT molecular complexity index is 1200. The van der Waals surface area contributed by atoms with Crippen LogP contribution in [0.25, 0.3) is 11.5 Å². The zero-order valence-corrected chi connectivity index (χ0v) is 20.2. The first-order chi connectivity index (χ1) is 15.9. The van der Waals surface area contributed by atoms with Crippen LogP contribution in [0.3, 0.4) is 0 Å². The first-order valence-electron chi connectivity index (χ1n) is 11.0. The monoisotopic (exact) mass is 450 g/mol. The van der Waals surface area contributed by atoms with E-state index < -0.39 is 0 Å². The second-order valence-corrected chi connectivity index (χ2v) is 7.88. The minimum Gasteiger partial charge on any atom is -0.357 e. The number of hydroxylamine groups is 1. The molecule has 0 aromatic carbocycles. The maximum atomic E-state index is 5.12. The number of nitrogens with one attached hydrogen (secondary N) is 1. The predicted molar refractivity (Wildman–Crippen MR) is 128 cm³/mol. The molecule has 3 aromatic rings. The van der Waals surface area contributed by atoms with Crippen molar-refractivity contribution in [3.63, 3.8) is 0 Å². The molecule has 4 rings (SSSR count). The highest BCUT2D eigenvalue weighted by Crippen LogP contribution is 2.25. The SMILES string of the molecule is CCN(CC)c1ccc(N=C2C(C(C)NOC)=Nn3nc(-c4cc(C)n(C)n4)nc32)c(C)n1. The number of nitrogens with zero attached hydrogens (tertiary/aromatic N) is 9. The molecule has 0 amide bonds. The van der Waals surface area contributed by atoms with Crippen molar-refractivity contribution in [2.75, 3.05) is 25.1 Å². The minimum atomic E-state index is -0.221. The molecule has 11 nitrogen and oxygen atoms in total. The third-order valence-corrected chi connectivity index (χ3v) is 5.66. The van der Waals surface area contributed by atoms with Gasteiger partial charge in [0.25, 0.3) is 0 Å². The summed E-state index contributed by atoms with van der Waals surface area (Å²) in [6, 6.07) is 5.70. The fourth-order valence-electron chi connectivity index (χ4n) is 3.70. The lowest BCUT2D eigenvalue weighted by Crippen LogP contribution is -2.36. The Morgan fingerprint density at radius 1 is 1.15 bits per heavy atom. The summed E-state index contributed by atoms with van der Waals surface area (Å²) in [5, 5.41) is 13.7. The fraction of sp³-hybridized carbons (Fsp3) is 0.455. The van der Waals surface area contributed by atoms with E-state index in [2.05, 4.69) is 39.5 Å². The average Bonchev–Trinajstić information content (AvgIpc) is 3.44. The summed E-state index contributed by atoms with van der Waals surface area (Å²) in [6.07, 6.45) is 0. The number of fused-ring (bicyclic) bond motifs is 1. The summed E-state index contributed by atoms with van der Waals surface area (Å²) in [4.78, 5) is 23.2. The molecule has 0 radical (unpaired) electrons. The summed E-state index contributed by atoms with van der Waals surface area (Å²) < 4.78 is 1.79. The molecule has 33 heavy (non-hydrogen) atoms. The highest BCUT2D eigenvalue weighted by atomic mass is 16.6. The summed E-state index contributed by atoms with van der Waals surface area (Å²) in [7, 11) is 3.46. The molecule has 0 saturated heterocycles. The molecule has 0 fully saturated rings. The molecule has 0 spiro atoms. The molecule has 1 aliphatic rings. The van der Waals surface area contributed by atoms with Gasteiger partial charge in [-0.05, 0) is 52.8 Å². The Balaban J connectivity index is 1.77. The molecule has 1 unspecified atom stereocenters. The van der Waals surface area contributed by atoms with Crippen molar-refractivity contribution < 1.29 is 4.84 Å². The van der Waals surface area contributed by atoms with Crippen LogP contribution in [0, 0.1) is 13.8 Å². The van der Waals surface area contributed by atoms with Gasteiger partial charge in [-0.3, -0.25) is 4.68 Å². The number of aromatic nitrogens is 6. The number of aryl methyl sites for hydroxylation is 3. The van der Waals surface area contributed by atoms with Gasteiger partial charge in [-0.1, -0.05) is 0 Å². The van der Waals surface area contributed by atoms with Gasteiger partial charge in [0.2, 0.25) is 11.6 Å². The van der Waals surface area contributed by atoms with Gasteiger partial charge >= 0.3 is 0 Å². The first-order valence-corrected chi connectivity index (χ1v) is 11.0. The van der Waals surface area contributed by atoms with Gasteiger partial charge in [-0.15, -0.1) is 15.0 Å². The molecular formula is C22H30N10O. The van der Waals surface area contributed by atoms with E-state index in [4.69, 9.17) is 19.8 Å². The van der Waals surface area contributed by atoms with E-state index in [1.54, 1.807) is 11.8 Å². The quantitative estimate of drug-likeness (QED) is 0.525. The number of anilines is 1. The number of aliphatic imine (C=N–C) groups is 1. The molecule has 174 valence electrons. The Labute approximate surface area is 193 Å². The molecule has 0 saturated carbocycles. The second-order valence-electron chi connectivity index (χ2n) is 7.88. The highest BCUT2D eigenvalue weighted by Gasteiger charge is 2.32. The topological polar surface area (TPSA) is 111 Å². The van der Waals surface area contributed by atoms with Gasteiger partial charge in [0, 0.05) is 25.8 Å².